The molecule has 3 atom stereocenters. The van der Waals surface area contributed by atoms with Crippen LogP contribution in [0.2, 0.25) is 18.1 Å². The van der Waals surface area contributed by atoms with E-state index in [9.17, 15) is 29.1 Å². The molecule has 19 heteroatoms. The highest BCUT2D eigenvalue weighted by atomic mass is 35.6. The molecule has 0 unspecified atom stereocenters. The molecule has 4 aromatic rings. The fraction of sp³-hybridized carbons (Fsp3) is 0.420. The minimum absolute atomic E-state index is 0.0133. The highest BCUT2D eigenvalue weighted by Gasteiger charge is 2.42. The van der Waals surface area contributed by atoms with Crippen LogP contribution < -0.4 is 30.7 Å². The van der Waals surface area contributed by atoms with Gasteiger partial charge in [-0.15, -0.1) is 0 Å². The number of alkyl carbamates (subject to hydrolysis) is 1. The normalized spacial score (nSPS) is 12.9. The highest BCUT2D eigenvalue weighted by molar-refractivity contribution is 6.74. The van der Waals surface area contributed by atoms with Crippen molar-refractivity contribution in [2.75, 3.05) is 26.3 Å². The first-order valence-electron chi connectivity index (χ1n) is 22.5. The van der Waals surface area contributed by atoms with E-state index in [0.29, 0.717) is 29.9 Å². The molecule has 0 saturated heterocycles. The minimum atomic E-state index is -2.67. The molecule has 4 rings (SSSR count). The van der Waals surface area contributed by atoms with Crippen LogP contribution in [0, 0.1) is 0 Å². The molecule has 0 heterocycles. The van der Waals surface area contributed by atoms with Crippen molar-refractivity contribution in [2.45, 2.75) is 106 Å². The zero-order chi connectivity index (χ0) is 50.5. The zero-order valence-corrected chi connectivity index (χ0v) is 42.8. The number of nitrogens with one attached hydrogen (secondary N) is 4. The van der Waals surface area contributed by atoms with Crippen molar-refractivity contribution >= 4 is 72.9 Å². The number of amides is 4. The molecule has 15 nitrogen and oxygen atoms in total. The molecule has 0 aliphatic heterocycles. The van der Waals surface area contributed by atoms with E-state index in [0.717, 1.165) is 16.7 Å². The Morgan fingerprint density at radius 3 is 1.84 bits per heavy atom. The van der Waals surface area contributed by atoms with Gasteiger partial charge in [-0.2, -0.15) is 0 Å². The maximum atomic E-state index is 13.9. The van der Waals surface area contributed by atoms with E-state index in [4.69, 9.17) is 58.2 Å². The van der Waals surface area contributed by atoms with Gasteiger partial charge in [0.25, 0.3) is 5.91 Å². The van der Waals surface area contributed by atoms with Crippen LogP contribution in [-0.2, 0) is 48.1 Å². The van der Waals surface area contributed by atoms with Crippen molar-refractivity contribution in [2.24, 2.45) is 0 Å². The summed E-state index contributed by atoms with van der Waals surface area (Å²) >= 11 is 16.9. The highest BCUT2D eigenvalue weighted by Crippen LogP contribution is 2.38. The Hall–Kier alpha value is -5.36. The molecule has 0 saturated carbocycles. The molecule has 4 amide bonds. The quantitative estimate of drug-likeness (QED) is 0.0175. The second-order valence-electron chi connectivity index (χ2n) is 17.7. The van der Waals surface area contributed by atoms with Gasteiger partial charge < -0.3 is 49.7 Å². The number of para-hydroxylation sites is 1. The molecule has 0 spiro atoms. The zero-order valence-electron chi connectivity index (χ0n) is 39.6. The van der Waals surface area contributed by atoms with Crippen LogP contribution in [0.3, 0.4) is 0 Å². The number of aliphatic hydroxyl groups is 1. The number of halogens is 3. The fourth-order valence-corrected chi connectivity index (χ4v) is 7.94. The first-order chi connectivity index (χ1) is 32.7. The second kappa shape index (κ2) is 27.7. The van der Waals surface area contributed by atoms with E-state index in [1.807, 2.05) is 125 Å². The molecule has 0 radical (unpaired) electrons. The molecule has 0 fully saturated rings. The van der Waals surface area contributed by atoms with E-state index < -0.39 is 73.9 Å². The van der Waals surface area contributed by atoms with Gasteiger partial charge in [0.2, 0.25) is 15.6 Å². The van der Waals surface area contributed by atoms with Gasteiger partial charge in [-0.25, -0.2) is 4.79 Å². The van der Waals surface area contributed by atoms with Crippen molar-refractivity contribution in [1.29, 1.82) is 0 Å². The Balaban J connectivity index is 1.49. The van der Waals surface area contributed by atoms with Gasteiger partial charge >= 0.3 is 12.1 Å². The molecular weight excluding hydrogens is 967 g/mol. The summed E-state index contributed by atoms with van der Waals surface area (Å²) in [7, 11) is -2.67. The van der Waals surface area contributed by atoms with Crippen molar-refractivity contribution in [3.8, 4) is 11.5 Å². The van der Waals surface area contributed by atoms with E-state index in [1.165, 1.54) is 0 Å². The molecular formula is C50H63Cl3N4O11Si. The average Bonchev–Trinajstić information content (AvgIpc) is 3.31. The Morgan fingerprint density at radius 2 is 1.28 bits per heavy atom. The van der Waals surface area contributed by atoms with Gasteiger partial charge in [0.15, 0.2) is 19.8 Å². The predicted molar refractivity (Wildman–Crippen MR) is 268 cm³/mol. The number of carbonyl (C=O) groups is 5. The van der Waals surface area contributed by atoms with Gasteiger partial charge in [-0.05, 0) is 66.2 Å². The maximum absolute atomic E-state index is 13.9. The summed E-state index contributed by atoms with van der Waals surface area (Å²) in [6.07, 6.45) is -0.812. The van der Waals surface area contributed by atoms with Crippen LogP contribution in [0.25, 0.3) is 0 Å². The summed E-state index contributed by atoms with van der Waals surface area (Å²) in [4.78, 5) is 66.2. The van der Waals surface area contributed by atoms with Crippen molar-refractivity contribution in [1.82, 2.24) is 21.3 Å². The number of esters is 1. The lowest BCUT2D eigenvalue weighted by molar-refractivity contribution is -0.144. The third-order valence-electron chi connectivity index (χ3n) is 11.2. The average molecular weight is 1030 g/mol. The summed E-state index contributed by atoms with van der Waals surface area (Å²) < 4.78 is 27.9. The number of aliphatic hydroxyl groups excluding tert-OH is 1. The van der Waals surface area contributed by atoms with Gasteiger partial charge in [0.1, 0.15) is 39.0 Å². The van der Waals surface area contributed by atoms with E-state index in [2.05, 4.69) is 21.3 Å². The number of rotatable bonds is 26. The smallest absolute Gasteiger partial charge is 0.407 e. The largest absolute Gasteiger partial charge is 0.485 e. The topological polar surface area (TPSA) is 200 Å². The number of carbonyl (C=O) groups excluding carboxylic acids is 5. The van der Waals surface area contributed by atoms with Crippen LogP contribution in [0.15, 0.2) is 109 Å². The molecule has 0 bridgehead atoms. The van der Waals surface area contributed by atoms with E-state index >= 15 is 0 Å². The number of hydrogen-bond donors (Lipinski definition) is 5. The van der Waals surface area contributed by atoms with Crippen molar-refractivity contribution in [3.63, 3.8) is 0 Å². The molecule has 0 aliphatic carbocycles. The number of benzene rings is 4. The Labute approximate surface area is 420 Å². The van der Waals surface area contributed by atoms with Crippen LogP contribution >= 0.6 is 34.8 Å². The first kappa shape index (κ1) is 56.2. The fourth-order valence-electron chi connectivity index (χ4n) is 6.42. The van der Waals surface area contributed by atoms with Gasteiger partial charge in [-0.3, -0.25) is 19.2 Å². The molecule has 0 aromatic heterocycles. The summed E-state index contributed by atoms with van der Waals surface area (Å²) in [6, 6.07) is 31.3. The van der Waals surface area contributed by atoms with Crippen molar-refractivity contribution in [3.05, 3.63) is 131 Å². The van der Waals surface area contributed by atoms with E-state index in [-0.39, 0.29) is 50.2 Å². The molecule has 5 N–H and O–H groups in total. The minimum Gasteiger partial charge on any atom is -0.485 e. The van der Waals surface area contributed by atoms with Crippen molar-refractivity contribution < 1.29 is 52.5 Å². The second-order valence-corrected chi connectivity index (χ2v) is 24.9. The Bertz CT molecular complexity index is 2250. The third kappa shape index (κ3) is 20.3. The lowest BCUT2D eigenvalue weighted by Crippen LogP contribution is -2.55. The number of ether oxygens (including phenoxy) is 4. The lowest BCUT2D eigenvalue weighted by Gasteiger charge is -2.41. The summed E-state index contributed by atoms with van der Waals surface area (Å²) in [5, 5.41) is 20.5. The Kier molecular flexibility index (Phi) is 22.6. The van der Waals surface area contributed by atoms with Crippen LogP contribution in [-0.4, -0.2) is 91.5 Å². The standard InChI is InChI=1S/C50H63Cl3N4O11Si/c1-49(2,3)69(4,5)68-42(28-43(59)56-40(30-58)47(62)55-29-44(60)67-34-50(51,52)53)39(57-48(63)66-33-37-22-13-8-14-23-37)25-15-16-27-54-46(61)38-24-17-26-41(64-31-35-18-9-6-10-19-35)45(38)65-32-36-20-11-7-12-21-36/h6-14,17-24,26,39-40,42,58H,15-16,25,27-34H2,1-5H3,(H,54,61)(H,55,62)(H,56,59)(H,57,63)/t39-,40+,42+/m0/s1. The SMILES string of the molecule is CC(C)(C)[Si](C)(C)O[C@H](CC(=O)N[C@H](CO)C(=O)NCC(=O)OCC(Cl)(Cl)Cl)[C@H](CCCCNC(=O)c1cccc(OCc2ccccc2)c1OCc1ccccc1)NC(=O)OCc1ccccc1. The predicted octanol–water partition coefficient (Wildman–Crippen LogP) is 8.33. The maximum Gasteiger partial charge on any atom is 0.407 e. The monoisotopic (exact) mass is 1030 g/mol. The molecule has 4 aromatic carbocycles. The van der Waals surface area contributed by atoms with Gasteiger partial charge in [-0.1, -0.05) is 153 Å². The van der Waals surface area contributed by atoms with Gasteiger partial charge in [0.05, 0.1) is 30.7 Å². The number of hydrogen-bond acceptors (Lipinski definition) is 11. The van der Waals surface area contributed by atoms with Crippen LogP contribution in [0.5, 0.6) is 11.5 Å². The Morgan fingerprint density at radius 1 is 0.696 bits per heavy atom. The third-order valence-corrected chi connectivity index (χ3v) is 16.0. The number of unbranched alkanes of at least 4 members (excludes halogenated alkanes) is 1. The summed E-state index contributed by atoms with van der Waals surface area (Å²) in [5.41, 5.74) is 2.92. The summed E-state index contributed by atoms with van der Waals surface area (Å²) in [5.74, 6) is -2.12. The summed E-state index contributed by atoms with van der Waals surface area (Å²) in [6.45, 7) is 8.81. The lowest BCUT2D eigenvalue weighted by atomic mass is 10.0. The van der Waals surface area contributed by atoms with E-state index in [1.54, 1.807) is 18.2 Å². The number of alkyl halides is 3. The van der Waals surface area contributed by atoms with Crippen LogP contribution in [0.1, 0.15) is 73.5 Å². The first-order valence-corrected chi connectivity index (χ1v) is 26.6. The molecule has 374 valence electrons. The van der Waals surface area contributed by atoms with Gasteiger partial charge in [0, 0.05) is 6.54 Å². The van der Waals surface area contributed by atoms with Crippen LogP contribution in [0.4, 0.5) is 4.79 Å². The molecule has 0 aliphatic rings. The molecule has 69 heavy (non-hydrogen) atoms.